The molecule has 18 nitrogen and oxygen atoms in total. The highest BCUT2D eigenvalue weighted by atomic mass is 16.7. The third-order valence-corrected chi connectivity index (χ3v) is 6.42. The normalized spacial score (nSPS) is 21.1. The van der Waals surface area contributed by atoms with E-state index in [0.29, 0.717) is 36.4 Å². The molecule has 5 atom stereocenters. The molecule has 240 valence electrons. The van der Waals surface area contributed by atoms with Crippen LogP contribution in [0.4, 0.5) is 0 Å². The third-order valence-electron chi connectivity index (χ3n) is 6.42. The first-order chi connectivity index (χ1) is 21.1. The summed E-state index contributed by atoms with van der Waals surface area (Å²) in [5.74, 6) is -13.0. The van der Waals surface area contributed by atoms with Gasteiger partial charge in [0.2, 0.25) is 12.4 Å². The van der Waals surface area contributed by atoms with Gasteiger partial charge < -0.3 is 75.1 Å². The molecule has 18 heteroatoms. The van der Waals surface area contributed by atoms with Crippen molar-refractivity contribution in [3.8, 4) is 51.7 Å². The highest BCUT2D eigenvalue weighted by Gasteiger charge is 2.52. The van der Waals surface area contributed by atoms with Crippen molar-refractivity contribution in [3.63, 3.8) is 0 Å². The smallest absolute Gasteiger partial charge is 0.340 e. The van der Waals surface area contributed by atoms with E-state index in [1.54, 1.807) is 0 Å². The first kappa shape index (κ1) is 32.1. The van der Waals surface area contributed by atoms with E-state index in [-0.39, 0.29) is 0 Å². The number of esters is 3. The van der Waals surface area contributed by atoms with Gasteiger partial charge in [-0.1, -0.05) is 0 Å². The van der Waals surface area contributed by atoms with Crippen molar-refractivity contribution in [2.24, 2.45) is 0 Å². The van der Waals surface area contributed by atoms with Crippen molar-refractivity contribution >= 4 is 17.9 Å². The Morgan fingerprint density at radius 1 is 0.556 bits per heavy atom. The minimum atomic E-state index is -2.17. The average molecular weight is 636 g/mol. The van der Waals surface area contributed by atoms with Gasteiger partial charge in [0.1, 0.15) is 12.2 Å². The van der Waals surface area contributed by atoms with Crippen LogP contribution in [0.5, 0.6) is 51.7 Å². The van der Waals surface area contributed by atoms with Crippen LogP contribution in [0.2, 0.25) is 0 Å². The van der Waals surface area contributed by atoms with Gasteiger partial charge in [-0.2, -0.15) is 0 Å². The fraction of sp³-hybridized carbons (Fsp3) is 0.222. The van der Waals surface area contributed by atoms with Crippen LogP contribution in [0, 0.1) is 0 Å². The molecule has 3 aromatic carbocycles. The third kappa shape index (κ3) is 6.42. The van der Waals surface area contributed by atoms with Crippen molar-refractivity contribution in [2.45, 2.75) is 30.7 Å². The van der Waals surface area contributed by atoms with Gasteiger partial charge in [-0.05, 0) is 36.4 Å². The minimum absolute atomic E-state index is 0.597. The molecule has 0 bridgehead atoms. The maximum Gasteiger partial charge on any atom is 0.340 e. The maximum atomic E-state index is 13.1. The summed E-state index contributed by atoms with van der Waals surface area (Å²) in [7, 11) is 0. The van der Waals surface area contributed by atoms with Crippen LogP contribution in [-0.4, -0.2) is 111 Å². The van der Waals surface area contributed by atoms with Gasteiger partial charge in [-0.25, -0.2) is 14.4 Å². The Bertz CT molecular complexity index is 1580. The quantitative estimate of drug-likeness (QED) is 0.0902. The van der Waals surface area contributed by atoms with E-state index < -0.39 is 124 Å². The van der Waals surface area contributed by atoms with E-state index in [9.17, 15) is 70.6 Å². The number of hydrogen-bond acceptors (Lipinski definition) is 18. The molecule has 0 aromatic heterocycles. The first-order valence-electron chi connectivity index (χ1n) is 12.4. The second-order valence-electron chi connectivity index (χ2n) is 9.45. The van der Waals surface area contributed by atoms with Crippen molar-refractivity contribution in [1.82, 2.24) is 0 Å². The van der Waals surface area contributed by atoms with Crippen LogP contribution >= 0.6 is 0 Å². The Hall–Kier alpha value is -5.85. The molecule has 1 saturated heterocycles. The fourth-order valence-corrected chi connectivity index (χ4v) is 4.12. The fourth-order valence-electron chi connectivity index (χ4n) is 4.12. The lowest BCUT2D eigenvalue weighted by Gasteiger charge is -2.42. The Balaban J connectivity index is 1.74. The van der Waals surface area contributed by atoms with E-state index in [1.807, 2.05) is 0 Å². The Kier molecular flexibility index (Phi) is 8.84. The van der Waals surface area contributed by atoms with Crippen LogP contribution in [0.25, 0.3) is 0 Å². The topological polar surface area (TPSA) is 311 Å². The number of ether oxygens (including phenoxy) is 4. The summed E-state index contributed by atoms with van der Waals surface area (Å²) < 4.78 is 21.1. The number of aromatic hydroxyl groups is 9. The zero-order valence-electron chi connectivity index (χ0n) is 22.3. The van der Waals surface area contributed by atoms with Crippen LogP contribution in [0.1, 0.15) is 31.1 Å². The molecule has 0 radical (unpaired) electrons. The number of aliphatic hydroxyl groups excluding tert-OH is 2. The monoisotopic (exact) mass is 636 g/mol. The number of aliphatic hydroxyl groups is 2. The van der Waals surface area contributed by atoms with E-state index in [2.05, 4.69) is 0 Å². The average Bonchev–Trinajstić information content (AvgIpc) is 2.99. The predicted molar refractivity (Wildman–Crippen MR) is 140 cm³/mol. The van der Waals surface area contributed by atoms with Gasteiger partial charge >= 0.3 is 17.9 Å². The van der Waals surface area contributed by atoms with Gasteiger partial charge in [0.05, 0.1) is 23.3 Å². The standard InChI is InChI=1S/C27H24O18/c28-7-17-21(38)22(43-24(39)8-1-11(29)18(35)12(30)2-8)23(44-25(40)9-3-13(31)19(36)14(32)4-9)27(42-17)45-26(41)10-5-15(33)20(37)16(34)6-10/h1-6,17,21-23,27-38H,7H2/t17-,21-,22+,23-,27?/m1/s1. The summed E-state index contributed by atoms with van der Waals surface area (Å²) in [6.45, 7) is -1.01. The number of phenolic OH excluding ortho intramolecular Hbond substituents is 9. The van der Waals surface area contributed by atoms with Crippen molar-refractivity contribution in [3.05, 3.63) is 53.1 Å². The largest absolute Gasteiger partial charge is 0.504 e. The molecular formula is C27H24O18. The van der Waals surface area contributed by atoms with E-state index in [0.717, 1.165) is 0 Å². The van der Waals surface area contributed by atoms with Crippen LogP contribution in [0.15, 0.2) is 36.4 Å². The van der Waals surface area contributed by atoms with Gasteiger partial charge in [0.15, 0.2) is 57.8 Å². The van der Waals surface area contributed by atoms with Gasteiger partial charge in [-0.15, -0.1) is 0 Å². The zero-order valence-corrected chi connectivity index (χ0v) is 22.3. The molecule has 1 aliphatic heterocycles. The SMILES string of the molecule is O=C(OC1O[C@H](CO)[C@@H](O)[C@H](OC(=O)c2cc(O)c(O)c(O)c2)[C@H]1OC(=O)c1cc(O)c(O)c(O)c1)c1cc(O)c(O)c(O)c1. The Labute approximate surface area is 249 Å². The van der Waals surface area contributed by atoms with Gasteiger partial charge in [0, 0.05) is 0 Å². The zero-order chi connectivity index (χ0) is 33.3. The van der Waals surface area contributed by atoms with Gasteiger partial charge in [-0.3, -0.25) is 0 Å². The lowest BCUT2D eigenvalue weighted by atomic mass is 9.98. The molecule has 0 amide bonds. The number of carbonyl (C=O) groups is 3. The van der Waals surface area contributed by atoms with Crippen LogP contribution in [0.3, 0.4) is 0 Å². The second-order valence-corrected chi connectivity index (χ2v) is 9.45. The van der Waals surface area contributed by atoms with Crippen molar-refractivity contribution < 1.29 is 89.5 Å². The molecular weight excluding hydrogens is 612 g/mol. The van der Waals surface area contributed by atoms with E-state index >= 15 is 0 Å². The molecule has 4 rings (SSSR count). The number of hydrogen-bond donors (Lipinski definition) is 11. The summed E-state index contributed by atoms with van der Waals surface area (Å²) >= 11 is 0. The number of rotatable bonds is 7. The molecule has 1 heterocycles. The maximum absolute atomic E-state index is 13.1. The minimum Gasteiger partial charge on any atom is -0.504 e. The molecule has 1 unspecified atom stereocenters. The molecule has 0 spiro atoms. The molecule has 45 heavy (non-hydrogen) atoms. The summed E-state index contributed by atoms with van der Waals surface area (Å²) in [5.41, 5.74) is -1.83. The molecule has 1 fully saturated rings. The molecule has 1 aliphatic rings. The number of phenols is 9. The Morgan fingerprint density at radius 3 is 1.20 bits per heavy atom. The molecule has 0 saturated carbocycles. The first-order valence-corrected chi connectivity index (χ1v) is 12.4. The number of carbonyl (C=O) groups excluding carboxylic acids is 3. The highest BCUT2D eigenvalue weighted by Crippen LogP contribution is 2.39. The molecule has 3 aromatic rings. The lowest BCUT2D eigenvalue weighted by Crippen LogP contribution is -2.62. The highest BCUT2D eigenvalue weighted by molar-refractivity contribution is 5.93. The van der Waals surface area contributed by atoms with E-state index in [1.165, 1.54) is 0 Å². The van der Waals surface area contributed by atoms with Crippen molar-refractivity contribution in [1.29, 1.82) is 0 Å². The van der Waals surface area contributed by atoms with Gasteiger partial charge in [0.25, 0.3) is 0 Å². The van der Waals surface area contributed by atoms with E-state index in [4.69, 9.17) is 18.9 Å². The van der Waals surface area contributed by atoms with Crippen LogP contribution in [-0.2, 0) is 18.9 Å². The predicted octanol–water partition coefficient (Wildman–Crippen LogP) is -0.277. The summed E-state index contributed by atoms with van der Waals surface area (Å²) in [6.07, 6.45) is -10.2. The summed E-state index contributed by atoms with van der Waals surface area (Å²) in [4.78, 5) is 39.0. The van der Waals surface area contributed by atoms with Crippen LogP contribution < -0.4 is 0 Å². The van der Waals surface area contributed by atoms with Crippen molar-refractivity contribution in [2.75, 3.05) is 6.61 Å². The lowest BCUT2D eigenvalue weighted by molar-refractivity contribution is -0.283. The molecule has 0 aliphatic carbocycles. The number of benzene rings is 3. The molecule has 11 N–H and O–H groups in total. The Morgan fingerprint density at radius 2 is 0.867 bits per heavy atom. The summed E-state index contributed by atoms with van der Waals surface area (Å²) in [6, 6.07) is 3.97. The summed E-state index contributed by atoms with van der Waals surface area (Å²) in [5, 5.41) is 108. The second kappa shape index (κ2) is 12.4.